The SMILES string of the molecule is CCCCC(CC)COCCC(CO)NCCC. The van der Waals surface area contributed by atoms with Crippen LogP contribution in [0.25, 0.3) is 0 Å². The van der Waals surface area contributed by atoms with Gasteiger partial charge in [0.1, 0.15) is 0 Å². The van der Waals surface area contributed by atoms with Crippen molar-refractivity contribution in [3.05, 3.63) is 0 Å². The number of ether oxygens (including phenoxy) is 1. The van der Waals surface area contributed by atoms with Crippen molar-refractivity contribution < 1.29 is 9.84 Å². The van der Waals surface area contributed by atoms with E-state index in [9.17, 15) is 5.11 Å². The predicted molar refractivity (Wildman–Crippen MR) is 77.9 cm³/mol. The van der Waals surface area contributed by atoms with Gasteiger partial charge in [-0.2, -0.15) is 0 Å². The lowest BCUT2D eigenvalue weighted by Crippen LogP contribution is -2.34. The summed E-state index contributed by atoms with van der Waals surface area (Å²) in [6, 6.07) is 0.195. The first-order chi connectivity index (χ1) is 8.78. The minimum atomic E-state index is 0.195. The summed E-state index contributed by atoms with van der Waals surface area (Å²) in [5, 5.41) is 12.5. The third-order valence-corrected chi connectivity index (χ3v) is 3.41. The van der Waals surface area contributed by atoms with Crippen molar-refractivity contribution in [3.8, 4) is 0 Å². The molecule has 0 aliphatic carbocycles. The van der Waals surface area contributed by atoms with Crippen LogP contribution in [0.4, 0.5) is 0 Å². The van der Waals surface area contributed by atoms with Gasteiger partial charge in [0, 0.05) is 19.3 Å². The number of hydrogen-bond donors (Lipinski definition) is 2. The molecular formula is C15H33NO2. The zero-order chi connectivity index (χ0) is 13.6. The highest BCUT2D eigenvalue weighted by Gasteiger charge is 2.08. The summed E-state index contributed by atoms with van der Waals surface area (Å²) in [6.45, 7) is 9.42. The summed E-state index contributed by atoms with van der Waals surface area (Å²) in [5.74, 6) is 0.709. The number of rotatable bonds is 13. The van der Waals surface area contributed by atoms with Crippen LogP contribution < -0.4 is 5.32 Å². The Hall–Kier alpha value is -0.120. The molecule has 0 spiro atoms. The lowest BCUT2D eigenvalue weighted by atomic mass is 10.0. The van der Waals surface area contributed by atoms with Crippen LogP contribution in [0.5, 0.6) is 0 Å². The van der Waals surface area contributed by atoms with Gasteiger partial charge in [-0.1, -0.05) is 40.0 Å². The van der Waals surface area contributed by atoms with Gasteiger partial charge in [-0.3, -0.25) is 0 Å². The maximum absolute atomic E-state index is 9.21. The highest BCUT2D eigenvalue weighted by molar-refractivity contribution is 4.64. The van der Waals surface area contributed by atoms with E-state index >= 15 is 0 Å². The first-order valence-electron chi connectivity index (χ1n) is 7.70. The average Bonchev–Trinajstić information content (AvgIpc) is 2.41. The second-order valence-corrected chi connectivity index (χ2v) is 5.11. The molecule has 2 unspecified atom stereocenters. The van der Waals surface area contributed by atoms with Crippen molar-refractivity contribution in [1.82, 2.24) is 5.32 Å². The van der Waals surface area contributed by atoms with Crippen LogP contribution in [-0.2, 0) is 4.74 Å². The van der Waals surface area contributed by atoms with Gasteiger partial charge in [0.25, 0.3) is 0 Å². The Labute approximate surface area is 113 Å². The van der Waals surface area contributed by atoms with E-state index in [0.29, 0.717) is 5.92 Å². The summed E-state index contributed by atoms with van der Waals surface area (Å²) < 4.78 is 5.74. The molecule has 0 fully saturated rings. The molecule has 0 saturated carbocycles. The monoisotopic (exact) mass is 259 g/mol. The molecule has 2 atom stereocenters. The maximum atomic E-state index is 9.21. The van der Waals surface area contributed by atoms with Crippen LogP contribution in [0.3, 0.4) is 0 Å². The van der Waals surface area contributed by atoms with Gasteiger partial charge >= 0.3 is 0 Å². The Morgan fingerprint density at radius 2 is 1.89 bits per heavy atom. The van der Waals surface area contributed by atoms with Crippen LogP contribution in [0.1, 0.15) is 59.3 Å². The fourth-order valence-electron chi connectivity index (χ4n) is 1.98. The molecule has 0 bridgehead atoms. The van der Waals surface area contributed by atoms with E-state index in [-0.39, 0.29) is 12.6 Å². The Kier molecular flexibility index (Phi) is 13.2. The molecule has 0 aliphatic rings. The van der Waals surface area contributed by atoms with Crippen molar-refractivity contribution in [2.24, 2.45) is 5.92 Å². The summed E-state index contributed by atoms with van der Waals surface area (Å²) >= 11 is 0. The third kappa shape index (κ3) is 9.86. The molecule has 0 aliphatic heterocycles. The first-order valence-corrected chi connectivity index (χ1v) is 7.70. The molecule has 0 rings (SSSR count). The minimum absolute atomic E-state index is 0.195. The topological polar surface area (TPSA) is 41.5 Å². The van der Waals surface area contributed by atoms with E-state index in [1.165, 1.54) is 25.7 Å². The molecule has 3 nitrogen and oxygen atoms in total. The van der Waals surface area contributed by atoms with Crippen molar-refractivity contribution in [1.29, 1.82) is 0 Å². The van der Waals surface area contributed by atoms with Gasteiger partial charge in [0.15, 0.2) is 0 Å². The standard InChI is InChI=1S/C15H33NO2/c1-4-7-8-14(6-3)13-18-11-9-15(12-17)16-10-5-2/h14-17H,4-13H2,1-3H3. The van der Waals surface area contributed by atoms with Gasteiger partial charge in [0.2, 0.25) is 0 Å². The molecule has 2 N–H and O–H groups in total. The van der Waals surface area contributed by atoms with Gasteiger partial charge in [-0.25, -0.2) is 0 Å². The Morgan fingerprint density at radius 1 is 1.11 bits per heavy atom. The fraction of sp³-hybridized carbons (Fsp3) is 1.00. The molecule has 0 amide bonds. The summed E-state index contributed by atoms with van der Waals surface area (Å²) in [7, 11) is 0. The molecule has 0 heterocycles. The minimum Gasteiger partial charge on any atom is -0.395 e. The number of aliphatic hydroxyl groups excluding tert-OH is 1. The van der Waals surface area contributed by atoms with E-state index in [4.69, 9.17) is 4.74 Å². The molecule has 110 valence electrons. The van der Waals surface area contributed by atoms with E-state index in [1.54, 1.807) is 0 Å². The van der Waals surface area contributed by atoms with Crippen molar-refractivity contribution in [2.75, 3.05) is 26.4 Å². The molecule has 0 aromatic rings. The zero-order valence-electron chi connectivity index (χ0n) is 12.6. The van der Waals surface area contributed by atoms with Crippen LogP contribution in [0.2, 0.25) is 0 Å². The highest BCUT2D eigenvalue weighted by Crippen LogP contribution is 2.12. The summed E-state index contributed by atoms with van der Waals surface area (Å²) in [6.07, 6.45) is 7.07. The average molecular weight is 259 g/mol. The molecule has 18 heavy (non-hydrogen) atoms. The molecule has 0 aromatic heterocycles. The Bertz CT molecular complexity index is 147. The summed E-state index contributed by atoms with van der Waals surface area (Å²) in [5.41, 5.74) is 0. The van der Waals surface area contributed by atoms with Crippen LogP contribution in [-0.4, -0.2) is 37.5 Å². The van der Waals surface area contributed by atoms with Crippen LogP contribution in [0.15, 0.2) is 0 Å². The molecule has 0 aromatic carbocycles. The van der Waals surface area contributed by atoms with Crippen molar-refractivity contribution in [3.63, 3.8) is 0 Å². The normalized spacial score (nSPS) is 14.7. The smallest absolute Gasteiger partial charge is 0.0585 e. The van der Waals surface area contributed by atoms with Crippen LogP contribution >= 0.6 is 0 Å². The first kappa shape index (κ1) is 17.9. The fourth-order valence-corrected chi connectivity index (χ4v) is 1.98. The van der Waals surface area contributed by atoms with E-state index in [1.807, 2.05) is 0 Å². The van der Waals surface area contributed by atoms with Crippen molar-refractivity contribution >= 4 is 0 Å². The largest absolute Gasteiger partial charge is 0.395 e. The van der Waals surface area contributed by atoms with E-state index < -0.39 is 0 Å². The number of nitrogens with one attached hydrogen (secondary N) is 1. The molecular weight excluding hydrogens is 226 g/mol. The van der Waals surface area contributed by atoms with E-state index in [0.717, 1.165) is 32.6 Å². The molecule has 0 radical (unpaired) electrons. The number of hydrogen-bond acceptors (Lipinski definition) is 3. The molecule has 3 heteroatoms. The number of unbranched alkanes of at least 4 members (excludes halogenated alkanes) is 1. The van der Waals surface area contributed by atoms with Gasteiger partial charge < -0.3 is 15.2 Å². The third-order valence-electron chi connectivity index (χ3n) is 3.41. The van der Waals surface area contributed by atoms with Gasteiger partial charge in [-0.15, -0.1) is 0 Å². The zero-order valence-corrected chi connectivity index (χ0v) is 12.6. The lowest BCUT2D eigenvalue weighted by Gasteiger charge is -2.18. The highest BCUT2D eigenvalue weighted by atomic mass is 16.5. The summed E-state index contributed by atoms with van der Waals surface area (Å²) in [4.78, 5) is 0. The van der Waals surface area contributed by atoms with Crippen LogP contribution in [0, 0.1) is 5.92 Å². The Morgan fingerprint density at radius 3 is 2.44 bits per heavy atom. The Balaban J connectivity index is 3.55. The van der Waals surface area contributed by atoms with Gasteiger partial charge in [-0.05, 0) is 31.7 Å². The lowest BCUT2D eigenvalue weighted by molar-refractivity contribution is 0.0809. The predicted octanol–water partition coefficient (Wildman–Crippen LogP) is 2.97. The van der Waals surface area contributed by atoms with Crippen molar-refractivity contribution in [2.45, 2.75) is 65.3 Å². The van der Waals surface area contributed by atoms with E-state index in [2.05, 4.69) is 26.1 Å². The van der Waals surface area contributed by atoms with Gasteiger partial charge in [0.05, 0.1) is 6.61 Å². The second kappa shape index (κ2) is 13.3. The molecule has 0 saturated heterocycles. The number of aliphatic hydroxyl groups is 1. The maximum Gasteiger partial charge on any atom is 0.0585 e. The second-order valence-electron chi connectivity index (χ2n) is 5.11. The quantitative estimate of drug-likeness (QED) is 0.500.